The molecule has 2 N–H and O–H groups in total. The van der Waals surface area contributed by atoms with Gasteiger partial charge < -0.3 is 9.55 Å². The van der Waals surface area contributed by atoms with E-state index in [1.165, 1.54) is 18.6 Å². The van der Waals surface area contributed by atoms with Crippen LogP contribution >= 0.6 is 0 Å². The van der Waals surface area contributed by atoms with Crippen molar-refractivity contribution in [2.75, 3.05) is 0 Å². The topological polar surface area (TPSA) is 113 Å². The van der Waals surface area contributed by atoms with Gasteiger partial charge in [0.2, 0.25) is 0 Å². The summed E-state index contributed by atoms with van der Waals surface area (Å²) in [5.74, 6) is 0.142. The van der Waals surface area contributed by atoms with Gasteiger partial charge in [-0.25, -0.2) is 24.3 Å². The van der Waals surface area contributed by atoms with Gasteiger partial charge in [-0.1, -0.05) is 0 Å². The highest BCUT2D eigenvalue weighted by Crippen LogP contribution is 2.31. The molecule has 5 aromatic rings. The normalized spacial score (nSPS) is 12.4. The number of pyridine rings is 1. The zero-order valence-corrected chi connectivity index (χ0v) is 17.3. The van der Waals surface area contributed by atoms with Crippen molar-refractivity contribution < 1.29 is 4.39 Å². The molecule has 4 heterocycles. The molecule has 4 aromatic heterocycles. The Hall–Kier alpha value is -4.47. The molecule has 0 aliphatic rings. The van der Waals surface area contributed by atoms with Crippen molar-refractivity contribution in [2.45, 2.75) is 13.8 Å². The van der Waals surface area contributed by atoms with Crippen LogP contribution in [0.25, 0.3) is 44.8 Å². The maximum atomic E-state index is 14.7. The van der Waals surface area contributed by atoms with Gasteiger partial charge in [0.25, 0.3) is 0 Å². The van der Waals surface area contributed by atoms with Crippen LogP contribution in [0.15, 0.2) is 53.1 Å². The SMILES string of the molecule is C=N/C=N\C=C(/C)c1cc2c(-c3nc4c(-n5cnc(C)c5)ccnc4[nH]3)n[nH]c2cc1F. The molecule has 32 heavy (non-hydrogen) atoms. The summed E-state index contributed by atoms with van der Waals surface area (Å²) < 4.78 is 16.6. The number of hydrogen-bond acceptors (Lipinski definition) is 5. The first-order chi connectivity index (χ1) is 15.5. The quantitative estimate of drug-likeness (QED) is 0.323. The van der Waals surface area contributed by atoms with Gasteiger partial charge >= 0.3 is 0 Å². The Labute approximate surface area is 181 Å². The number of nitrogens with one attached hydrogen (secondary N) is 2. The van der Waals surface area contributed by atoms with Crippen molar-refractivity contribution in [1.29, 1.82) is 0 Å². The first-order valence-electron chi connectivity index (χ1n) is 9.73. The van der Waals surface area contributed by atoms with Crippen LogP contribution in [-0.2, 0) is 0 Å². The van der Waals surface area contributed by atoms with Crippen LogP contribution in [-0.4, -0.2) is 47.8 Å². The average molecular weight is 427 g/mol. The maximum absolute atomic E-state index is 14.7. The molecule has 0 radical (unpaired) electrons. The Bertz CT molecular complexity index is 1530. The number of rotatable bonds is 5. The van der Waals surface area contributed by atoms with Crippen LogP contribution in [0.2, 0.25) is 0 Å². The second kappa shape index (κ2) is 7.65. The molecule has 0 unspecified atom stereocenters. The number of aryl methyl sites for hydroxylation is 1. The molecule has 0 fully saturated rings. The fourth-order valence-corrected chi connectivity index (χ4v) is 3.55. The molecule has 5 rings (SSSR count). The monoisotopic (exact) mass is 427 g/mol. The number of aliphatic imine (C=N–C) groups is 2. The van der Waals surface area contributed by atoms with E-state index < -0.39 is 0 Å². The van der Waals surface area contributed by atoms with Gasteiger partial charge in [-0.2, -0.15) is 5.10 Å². The number of aromatic amines is 2. The molecule has 1 aromatic carbocycles. The summed E-state index contributed by atoms with van der Waals surface area (Å²) in [7, 11) is 0. The van der Waals surface area contributed by atoms with Crippen molar-refractivity contribution in [3.63, 3.8) is 0 Å². The molecule has 0 spiro atoms. The van der Waals surface area contributed by atoms with E-state index in [1.807, 2.05) is 23.8 Å². The molecular weight excluding hydrogens is 409 g/mol. The van der Waals surface area contributed by atoms with Gasteiger partial charge in [-0.3, -0.25) is 10.1 Å². The van der Waals surface area contributed by atoms with Gasteiger partial charge in [-0.05, 0) is 38.3 Å². The highest BCUT2D eigenvalue weighted by molar-refractivity contribution is 5.95. The number of nitrogens with zero attached hydrogens (tertiary/aromatic N) is 7. The second-order valence-electron chi connectivity index (χ2n) is 7.24. The van der Waals surface area contributed by atoms with E-state index in [2.05, 4.69) is 41.9 Å². The minimum atomic E-state index is -0.382. The van der Waals surface area contributed by atoms with Gasteiger partial charge in [0.15, 0.2) is 11.5 Å². The third-order valence-electron chi connectivity index (χ3n) is 5.07. The lowest BCUT2D eigenvalue weighted by Gasteiger charge is -2.03. The molecule has 0 aliphatic carbocycles. The average Bonchev–Trinajstić information content (AvgIpc) is 3.50. The molecule has 9 nitrogen and oxygen atoms in total. The molecule has 158 valence electrons. The first-order valence-corrected chi connectivity index (χ1v) is 9.73. The Morgan fingerprint density at radius 2 is 2.16 bits per heavy atom. The predicted molar refractivity (Wildman–Crippen MR) is 122 cm³/mol. The highest BCUT2D eigenvalue weighted by atomic mass is 19.1. The molecule has 0 aliphatic heterocycles. The molecule has 0 atom stereocenters. The number of hydrogen-bond donors (Lipinski definition) is 2. The number of benzene rings is 1. The van der Waals surface area contributed by atoms with Crippen molar-refractivity contribution in [1.82, 2.24) is 34.7 Å². The number of fused-ring (bicyclic) bond motifs is 2. The lowest BCUT2D eigenvalue weighted by atomic mass is 10.0. The third-order valence-corrected chi connectivity index (χ3v) is 5.07. The summed E-state index contributed by atoms with van der Waals surface area (Å²) in [6.07, 6.45) is 8.18. The predicted octanol–water partition coefficient (Wildman–Crippen LogP) is 4.22. The van der Waals surface area contributed by atoms with Crippen LogP contribution < -0.4 is 0 Å². The lowest BCUT2D eigenvalue weighted by Crippen LogP contribution is -1.92. The zero-order valence-electron chi connectivity index (χ0n) is 17.3. The van der Waals surface area contributed by atoms with E-state index in [1.54, 1.807) is 25.5 Å². The minimum Gasteiger partial charge on any atom is -0.321 e. The minimum absolute atomic E-state index is 0.382. The van der Waals surface area contributed by atoms with E-state index in [0.29, 0.717) is 39.3 Å². The standard InChI is InChI=1S/C22H18FN9/c1-12(8-25-10-24-3)14-6-15-17(7-16(14)23)30-31-19(15)22-28-20-18(4-5-26-21(20)29-22)32-9-13(2)27-11-32/h4-11H,3H2,1-2H3,(H,30,31)(H,26,28,29)/b12-8+,25-10-. The summed E-state index contributed by atoms with van der Waals surface area (Å²) in [5, 5.41) is 7.98. The van der Waals surface area contributed by atoms with Crippen molar-refractivity contribution >= 4 is 40.7 Å². The smallest absolute Gasteiger partial charge is 0.161 e. The fraction of sp³-hybridized carbons (Fsp3) is 0.0909. The lowest BCUT2D eigenvalue weighted by molar-refractivity contribution is 0.625. The van der Waals surface area contributed by atoms with Gasteiger partial charge in [0, 0.05) is 35.6 Å². The van der Waals surface area contributed by atoms with Crippen molar-refractivity contribution in [3.05, 3.63) is 60.2 Å². The summed E-state index contributed by atoms with van der Waals surface area (Å²) >= 11 is 0. The zero-order chi connectivity index (χ0) is 22.2. The maximum Gasteiger partial charge on any atom is 0.161 e. The fourth-order valence-electron chi connectivity index (χ4n) is 3.55. The molecule has 0 saturated carbocycles. The molecular formula is C22H18FN9. The molecule has 0 saturated heterocycles. The van der Waals surface area contributed by atoms with Crippen LogP contribution in [0, 0.1) is 12.7 Å². The summed E-state index contributed by atoms with van der Waals surface area (Å²) in [5.41, 5.74) is 5.21. The van der Waals surface area contributed by atoms with Gasteiger partial charge in [-0.15, -0.1) is 0 Å². The molecule has 0 bridgehead atoms. The van der Waals surface area contributed by atoms with Crippen LogP contribution in [0.5, 0.6) is 0 Å². The van der Waals surface area contributed by atoms with E-state index in [-0.39, 0.29) is 5.82 Å². The number of allylic oxidation sites excluding steroid dienone is 1. The van der Waals surface area contributed by atoms with Crippen LogP contribution in [0.4, 0.5) is 4.39 Å². The first kappa shape index (κ1) is 19.5. The van der Waals surface area contributed by atoms with Crippen LogP contribution in [0.3, 0.4) is 0 Å². The van der Waals surface area contributed by atoms with E-state index >= 15 is 0 Å². The number of aromatic nitrogens is 7. The van der Waals surface area contributed by atoms with Gasteiger partial charge in [0.1, 0.15) is 23.4 Å². The number of halogens is 1. The largest absolute Gasteiger partial charge is 0.321 e. The Kier molecular flexibility index (Phi) is 4.66. The molecule has 10 heteroatoms. The summed E-state index contributed by atoms with van der Waals surface area (Å²) in [6.45, 7) is 7.03. The Morgan fingerprint density at radius 3 is 2.94 bits per heavy atom. The van der Waals surface area contributed by atoms with E-state index in [0.717, 1.165) is 16.8 Å². The van der Waals surface area contributed by atoms with E-state index in [4.69, 9.17) is 4.98 Å². The Morgan fingerprint density at radius 1 is 1.28 bits per heavy atom. The second-order valence-corrected chi connectivity index (χ2v) is 7.24. The summed E-state index contributed by atoms with van der Waals surface area (Å²) in [4.78, 5) is 24.2. The summed E-state index contributed by atoms with van der Waals surface area (Å²) in [6, 6.07) is 5.01. The molecule has 0 amide bonds. The van der Waals surface area contributed by atoms with Crippen molar-refractivity contribution in [2.24, 2.45) is 9.98 Å². The highest BCUT2D eigenvalue weighted by Gasteiger charge is 2.18. The van der Waals surface area contributed by atoms with Crippen molar-refractivity contribution in [3.8, 4) is 17.2 Å². The van der Waals surface area contributed by atoms with Crippen LogP contribution in [0.1, 0.15) is 18.2 Å². The Balaban J connectivity index is 1.65. The number of imidazole rings is 2. The number of H-pyrrole nitrogens is 2. The van der Waals surface area contributed by atoms with E-state index in [9.17, 15) is 4.39 Å². The third kappa shape index (κ3) is 3.27. The van der Waals surface area contributed by atoms with Gasteiger partial charge in [0.05, 0.1) is 23.2 Å².